The Hall–Kier alpha value is -2.69. The first kappa shape index (κ1) is 15.7. The zero-order valence-corrected chi connectivity index (χ0v) is 12.7. The van der Waals surface area contributed by atoms with Crippen molar-refractivity contribution in [3.05, 3.63) is 54.1 Å². The predicted octanol–water partition coefficient (Wildman–Crippen LogP) is 2.97. The van der Waals surface area contributed by atoms with Gasteiger partial charge in [0.25, 0.3) is 0 Å². The Labute approximate surface area is 129 Å². The maximum Gasteiger partial charge on any atom is 0.339 e. The molecule has 2 aromatic carbocycles. The molecule has 0 fully saturated rings. The van der Waals surface area contributed by atoms with Gasteiger partial charge in [0.15, 0.2) is 0 Å². The van der Waals surface area contributed by atoms with E-state index in [4.69, 9.17) is 14.2 Å². The third-order valence-electron chi connectivity index (χ3n) is 3.08. The molecule has 0 aliphatic carbocycles. The van der Waals surface area contributed by atoms with E-state index in [2.05, 4.69) is 5.32 Å². The summed E-state index contributed by atoms with van der Waals surface area (Å²) in [5, 5.41) is 3.17. The van der Waals surface area contributed by atoms with Gasteiger partial charge in [-0.15, -0.1) is 0 Å². The molecule has 0 aromatic heterocycles. The highest BCUT2D eigenvalue weighted by Gasteiger charge is 2.10. The Kier molecular flexibility index (Phi) is 5.65. The van der Waals surface area contributed by atoms with Crippen LogP contribution in [0.15, 0.2) is 48.5 Å². The van der Waals surface area contributed by atoms with Gasteiger partial charge >= 0.3 is 5.97 Å². The van der Waals surface area contributed by atoms with Crippen LogP contribution in [0.4, 0.5) is 5.69 Å². The number of benzene rings is 2. The lowest BCUT2D eigenvalue weighted by atomic mass is 10.2. The predicted molar refractivity (Wildman–Crippen MR) is 84.8 cm³/mol. The molecule has 2 rings (SSSR count). The molecule has 5 heteroatoms. The maximum atomic E-state index is 11.6. The number of carbonyl (C=O) groups is 1. The van der Waals surface area contributed by atoms with Gasteiger partial charge < -0.3 is 19.5 Å². The van der Waals surface area contributed by atoms with Crippen LogP contribution in [0.25, 0.3) is 0 Å². The third-order valence-corrected chi connectivity index (χ3v) is 3.08. The number of esters is 1. The van der Waals surface area contributed by atoms with E-state index >= 15 is 0 Å². The van der Waals surface area contributed by atoms with Crippen LogP contribution in [0.5, 0.6) is 11.5 Å². The van der Waals surface area contributed by atoms with Crippen molar-refractivity contribution in [3.8, 4) is 11.5 Å². The van der Waals surface area contributed by atoms with Gasteiger partial charge in [0, 0.05) is 12.2 Å². The highest BCUT2D eigenvalue weighted by Crippen LogP contribution is 2.18. The summed E-state index contributed by atoms with van der Waals surface area (Å²) in [5.74, 6) is 1.19. The summed E-state index contributed by atoms with van der Waals surface area (Å²) in [6.45, 7) is 1.04. The molecule has 0 saturated carbocycles. The Bertz CT molecular complexity index is 610. The van der Waals surface area contributed by atoms with Crippen LogP contribution in [0, 0.1) is 0 Å². The molecule has 0 heterocycles. The summed E-state index contributed by atoms with van der Waals surface area (Å²) in [6, 6.07) is 14.6. The van der Waals surface area contributed by atoms with Crippen molar-refractivity contribution in [1.82, 2.24) is 0 Å². The van der Waals surface area contributed by atoms with Crippen molar-refractivity contribution in [2.45, 2.75) is 0 Å². The van der Waals surface area contributed by atoms with Crippen LogP contribution in [0.2, 0.25) is 0 Å². The summed E-state index contributed by atoms with van der Waals surface area (Å²) >= 11 is 0. The van der Waals surface area contributed by atoms with E-state index in [9.17, 15) is 4.79 Å². The fourth-order valence-electron chi connectivity index (χ4n) is 1.95. The van der Waals surface area contributed by atoms with E-state index in [1.165, 1.54) is 7.11 Å². The minimum atomic E-state index is -0.362. The number of hydrogen-bond acceptors (Lipinski definition) is 5. The molecule has 0 bridgehead atoms. The van der Waals surface area contributed by atoms with E-state index in [-0.39, 0.29) is 5.97 Å². The van der Waals surface area contributed by atoms with Crippen LogP contribution in [-0.4, -0.2) is 33.3 Å². The number of rotatable bonds is 7. The van der Waals surface area contributed by atoms with E-state index in [0.717, 1.165) is 17.2 Å². The SMILES string of the molecule is COC(=O)c1ccccc1NCCOc1ccc(OC)cc1. The Morgan fingerprint density at radius 2 is 1.68 bits per heavy atom. The molecule has 22 heavy (non-hydrogen) atoms. The second kappa shape index (κ2) is 7.93. The van der Waals surface area contributed by atoms with E-state index in [1.54, 1.807) is 19.2 Å². The summed E-state index contributed by atoms with van der Waals surface area (Å²) in [6.07, 6.45) is 0. The summed E-state index contributed by atoms with van der Waals surface area (Å²) in [7, 11) is 2.99. The number of ether oxygens (including phenoxy) is 3. The van der Waals surface area contributed by atoms with Gasteiger partial charge in [-0.2, -0.15) is 0 Å². The van der Waals surface area contributed by atoms with E-state index in [1.807, 2.05) is 36.4 Å². The number of para-hydroxylation sites is 1. The average Bonchev–Trinajstić information content (AvgIpc) is 2.59. The molecule has 0 saturated heterocycles. The van der Waals surface area contributed by atoms with Crippen molar-refractivity contribution in [2.24, 2.45) is 0 Å². The molecule has 0 atom stereocenters. The van der Waals surface area contributed by atoms with E-state index < -0.39 is 0 Å². The highest BCUT2D eigenvalue weighted by molar-refractivity contribution is 5.95. The Morgan fingerprint density at radius 1 is 1.00 bits per heavy atom. The number of anilines is 1. The minimum absolute atomic E-state index is 0.362. The minimum Gasteiger partial charge on any atom is -0.497 e. The van der Waals surface area contributed by atoms with Gasteiger partial charge in [-0.1, -0.05) is 12.1 Å². The largest absolute Gasteiger partial charge is 0.497 e. The molecular formula is C17H19NO4. The second-order valence-electron chi connectivity index (χ2n) is 4.49. The Morgan fingerprint density at radius 3 is 2.36 bits per heavy atom. The van der Waals surface area contributed by atoms with Crippen molar-refractivity contribution in [1.29, 1.82) is 0 Å². The van der Waals surface area contributed by atoms with Crippen LogP contribution >= 0.6 is 0 Å². The lowest BCUT2D eigenvalue weighted by molar-refractivity contribution is 0.0602. The van der Waals surface area contributed by atoms with Crippen LogP contribution in [-0.2, 0) is 4.74 Å². The van der Waals surface area contributed by atoms with Gasteiger partial charge in [-0.25, -0.2) is 4.79 Å². The van der Waals surface area contributed by atoms with Crippen molar-refractivity contribution in [3.63, 3.8) is 0 Å². The fraction of sp³-hybridized carbons (Fsp3) is 0.235. The first-order valence-corrected chi connectivity index (χ1v) is 6.92. The lowest BCUT2D eigenvalue weighted by Crippen LogP contribution is -2.14. The molecule has 0 spiro atoms. The van der Waals surface area contributed by atoms with Crippen molar-refractivity contribution in [2.75, 3.05) is 32.7 Å². The van der Waals surface area contributed by atoms with Gasteiger partial charge in [-0.3, -0.25) is 0 Å². The Balaban J connectivity index is 1.85. The van der Waals surface area contributed by atoms with Gasteiger partial charge in [0.1, 0.15) is 18.1 Å². The molecule has 0 aliphatic rings. The first-order valence-electron chi connectivity index (χ1n) is 6.92. The van der Waals surface area contributed by atoms with Gasteiger partial charge in [0.05, 0.1) is 19.8 Å². The van der Waals surface area contributed by atoms with Crippen molar-refractivity contribution >= 4 is 11.7 Å². The number of hydrogen-bond donors (Lipinski definition) is 1. The average molecular weight is 301 g/mol. The standard InChI is InChI=1S/C17H19NO4/c1-20-13-7-9-14(10-8-13)22-12-11-18-16-6-4-3-5-15(16)17(19)21-2/h3-10,18H,11-12H2,1-2H3. The molecular weight excluding hydrogens is 282 g/mol. The molecule has 0 unspecified atom stereocenters. The van der Waals surface area contributed by atoms with Crippen LogP contribution in [0.1, 0.15) is 10.4 Å². The zero-order valence-electron chi connectivity index (χ0n) is 12.7. The number of carbonyl (C=O) groups excluding carboxylic acids is 1. The van der Waals surface area contributed by atoms with Gasteiger partial charge in [0.2, 0.25) is 0 Å². The fourth-order valence-corrected chi connectivity index (χ4v) is 1.95. The number of methoxy groups -OCH3 is 2. The molecule has 116 valence electrons. The smallest absolute Gasteiger partial charge is 0.339 e. The van der Waals surface area contributed by atoms with Gasteiger partial charge in [-0.05, 0) is 36.4 Å². The van der Waals surface area contributed by atoms with Crippen molar-refractivity contribution < 1.29 is 19.0 Å². The molecule has 0 radical (unpaired) electrons. The summed E-state index contributed by atoms with van der Waals surface area (Å²) in [4.78, 5) is 11.6. The highest BCUT2D eigenvalue weighted by atomic mass is 16.5. The normalized spacial score (nSPS) is 9.91. The molecule has 5 nitrogen and oxygen atoms in total. The molecule has 2 aromatic rings. The zero-order chi connectivity index (χ0) is 15.8. The van der Waals surface area contributed by atoms with E-state index in [0.29, 0.717) is 18.7 Å². The number of nitrogens with one attached hydrogen (secondary N) is 1. The summed E-state index contributed by atoms with van der Waals surface area (Å²) < 4.78 is 15.5. The second-order valence-corrected chi connectivity index (χ2v) is 4.49. The monoisotopic (exact) mass is 301 g/mol. The lowest BCUT2D eigenvalue weighted by Gasteiger charge is -2.11. The maximum absolute atomic E-state index is 11.6. The topological polar surface area (TPSA) is 56.8 Å². The third kappa shape index (κ3) is 4.15. The van der Waals surface area contributed by atoms with Crippen LogP contribution < -0.4 is 14.8 Å². The van der Waals surface area contributed by atoms with Crippen LogP contribution in [0.3, 0.4) is 0 Å². The molecule has 0 amide bonds. The quantitative estimate of drug-likeness (QED) is 0.629. The molecule has 1 N–H and O–H groups in total. The summed E-state index contributed by atoms with van der Waals surface area (Å²) in [5.41, 5.74) is 1.24. The first-order chi connectivity index (χ1) is 10.7. The molecule has 0 aliphatic heterocycles.